The summed E-state index contributed by atoms with van der Waals surface area (Å²) in [6, 6.07) is 0. The predicted molar refractivity (Wildman–Crippen MR) is 50.4 cm³/mol. The van der Waals surface area contributed by atoms with E-state index >= 15 is 0 Å². The van der Waals surface area contributed by atoms with Gasteiger partial charge in [0.15, 0.2) is 0 Å². The van der Waals surface area contributed by atoms with E-state index in [1.54, 1.807) is 0 Å². The first kappa shape index (κ1) is 9.96. The number of morpholine rings is 1. The fraction of sp³-hybridized carbons (Fsp3) is 1.00. The second-order valence-electron chi connectivity index (χ2n) is 3.37. The van der Waals surface area contributed by atoms with Gasteiger partial charge in [0.2, 0.25) is 0 Å². The van der Waals surface area contributed by atoms with Crippen LogP contribution in [0.1, 0.15) is 12.8 Å². The van der Waals surface area contributed by atoms with Crippen molar-refractivity contribution in [1.29, 1.82) is 0 Å². The van der Waals surface area contributed by atoms with Crippen LogP contribution in [0.15, 0.2) is 0 Å². The van der Waals surface area contributed by atoms with Crippen LogP contribution in [-0.4, -0.2) is 51.3 Å². The smallest absolute Gasteiger partial charge is 0.0591 e. The fourth-order valence-electron chi connectivity index (χ4n) is 1.39. The number of likely N-dealkylation sites (tertiary alicyclic amines) is 1. The number of hydrogen-bond acceptors (Lipinski definition) is 3. The van der Waals surface area contributed by atoms with E-state index in [9.17, 15) is 0 Å². The predicted octanol–water partition coefficient (Wildman–Crippen LogP) is 0.318. The molecule has 0 aliphatic carbocycles. The molecule has 0 unspecified atom stereocenters. The summed E-state index contributed by atoms with van der Waals surface area (Å²) in [5.41, 5.74) is 0. The van der Waals surface area contributed by atoms with Crippen molar-refractivity contribution < 1.29 is 4.74 Å². The van der Waals surface area contributed by atoms with E-state index in [0.717, 1.165) is 26.3 Å². The van der Waals surface area contributed by atoms with Crippen LogP contribution in [0.2, 0.25) is 0 Å². The summed E-state index contributed by atoms with van der Waals surface area (Å²) >= 11 is 0. The van der Waals surface area contributed by atoms with Crippen LogP contribution in [0.3, 0.4) is 0 Å². The summed E-state index contributed by atoms with van der Waals surface area (Å²) < 4.78 is 5.01. The first-order chi connectivity index (χ1) is 5.89. The van der Waals surface area contributed by atoms with Gasteiger partial charge in [-0.3, -0.25) is 0 Å². The van der Waals surface area contributed by atoms with E-state index in [1.807, 2.05) is 0 Å². The van der Waals surface area contributed by atoms with Crippen molar-refractivity contribution in [2.45, 2.75) is 12.8 Å². The molecule has 2 aliphatic heterocycles. The van der Waals surface area contributed by atoms with Gasteiger partial charge in [-0.15, -0.1) is 0 Å². The molecule has 0 bridgehead atoms. The van der Waals surface area contributed by atoms with E-state index in [0.29, 0.717) is 0 Å². The van der Waals surface area contributed by atoms with E-state index in [2.05, 4.69) is 17.3 Å². The first-order valence-electron chi connectivity index (χ1n) is 4.86. The van der Waals surface area contributed by atoms with Crippen LogP contribution in [0.25, 0.3) is 0 Å². The summed E-state index contributed by atoms with van der Waals surface area (Å²) in [5, 5.41) is 3.16. The van der Waals surface area contributed by atoms with Gasteiger partial charge in [-0.1, -0.05) is 0 Å². The maximum Gasteiger partial charge on any atom is 0.0591 e. The Morgan fingerprint density at radius 3 is 1.83 bits per heavy atom. The van der Waals surface area contributed by atoms with Crippen molar-refractivity contribution in [2.75, 3.05) is 46.4 Å². The summed E-state index contributed by atoms with van der Waals surface area (Å²) in [4.78, 5) is 2.36. The maximum absolute atomic E-state index is 5.01. The number of hydrogen-bond donors (Lipinski definition) is 1. The SMILES string of the molecule is C1COCCN1.CN1CCCC1. The Balaban J connectivity index is 0.000000120. The minimum atomic E-state index is 0.889. The summed E-state index contributed by atoms with van der Waals surface area (Å²) in [7, 11) is 2.17. The standard InChI is InChI=1S/C5H11N.C4H9NO/c1-6-4-2-3-5-6;1-3-6-4-2-5-1/h2-5H2,1H3;5H,1-4H2. The number of rotatable bonds is 0. The Kier molecular flexibility index (Phi) is 5.32. The lowest BCUT2D eigenvalue weighted by Crippen LogP contribution is -2.30. The Bertz CT molecular complexity index is 87.2. The lowest BCUT2D eigenvalue weighted by Gasteiger charge is -2.10. The van der Waals surface area contributed by atoms with Gasteiger partial charge >= 0.3 is 0 Å². The second kappa shape index (κ2) is 6.40. The van der Waals surface area contributed by atoms with Crippen molar-refractivity contribution in [3.63, 3.8) is 0 Å². The molecule has 2 aliphatic rings. The molecule has 0 aromatic carbocycles. The third-order valence-corrected chi connectivity index (χ3v) is 2.18. The Morgan fingerprint density at radius 1 is 1.08 bits per heavy atom. The highest BCUT2D eigenvalue weighted by Gasteiger charge is 2.03. The van der Waals surface area contributed by atoms with Gasteiger partial charge in [0.05, 0.1) is 13.2 Å². The normalized spacial score (nSPS) is 24.8. The Labute approximate surface area is 75.1 Å². The zero-order valence-corrected chi connectivity index (χ0v) is 8.01. The first-order valence-corrected chi connectivity index (χ1v) is 4.86. The summed E-state index contributed by atoms with van der Waals surface area (Å²) in [5.74, 6) is 0. The second-order valence-corrected chi connectivity index (χ2v) is 3.37. The summed E-state index contributed by atoms with van der Waals surface area (Å²) in [6.07, 6.45) is 2.83. The molecule has 0 radical (unpaired) electrons. The molecule has 2 saturated heterocycles. The quantitative estimate of drug-likeness (QED) is 0.569. The molecule has 0 aromatic heterocycles. The van der Waals surface area contributed by atoms with E-state index in [-0.39, 0.29) is 0 Å². The number of nitrogens with one attached hydrogen (secondary N) is 1. The molecule has 0 amide bonds. The zero-order chi connectivity index (χ0) is 8.65. The lowest BCUT2D eigenvalue weighted by atomic mass is 10.4. The highest BCUT2D eigenvalue weighted by atomic mass is 16.5. The molecule has 12 heavy (non-hydrogen) atoms. The van der Waals surface area contributed by atoms with Crippen LogP contribution in [0.5, 0.6) is 0 Å². The average molecular weight is 172 g/mol. The third-order valence-electron chi connectivity index (χ3n) is 2.18. The molecule has 2 rings (SSSR count). The van der Waals surface area contributed by atoms with Crippen molar-refractivity contribution >= 4 is 0 Å². The van der Waals surface area contributed by atoms with Crippen molar-refractivity contribution in [2.24, 2.45) is 0 Å². The Morgan fingerprint density at radius 2 is 1.67 bits per heavy atom. The Hall–Kier alpha value is -0.120. The van der Waals surface area contributed by atoms with Gasteiger partial charge < -0.3 is 15.0 Å². The highest BCUT2D eigenvalue weighted by molar-refractivity contribution is 4.59. The highest BCUT2D eigenvalue weighted by Crippen LogP contribution is 2.02. The molecule has 0 aromatic rings. The van der Waals surface area contributed by atoms with Gasteiger partial charge in [0.1, 0.15) is 0 Å². The van der Waals surface area contributed by atoms with Crippen LogP contribution in [-0.2, 0) is 4.74 Å². The molecule has 0 saturated carbocycles. The molecule has 3 nitrogen and oxygen atoms in total. The van der Waals surface area contributed by atoms with E-state index in [1.165, 1.54) is 25.9 Å². The molecule has 2 heterocycles. The van der Waals surface area contributed by atoms with Crippen LogP contribution in [0, 0.1) is 0 Å². The van der Waals surface area contributed by atoms with Crippen molar-refractivity contribution in [1.82, 2.24) is 10.2 Å². The molecule has 3 heteroatoms. The molecule has 2 fully saturated rings. The van der Waals surface area contributed by atoms with Crippen LogP contribution in [0.4, 0.5) is 0 Å². The number of ether oxygens (including phenoxy) is 1. The van der Waals surface area contributed by atoms with E-state index < -0.39 is 0 Å². The van der Waals surface area contributed by atoms with Gasteiger partial charge in [-0.25, -0.2) is 0 Å². The zero-order valence-electron chi connectivity index (χ0n) is 8.01. The fourth-order valence-corrected chi connectivity index (χ4v) is 1.39. The minimum Gasteiger partial charge on any atom is -0.379 e. The van der Waals surface area contributed by atoms with Gasteiger partial charge in [-0.05, 0) is 33.0 Å². The average Bonchev–Trinajstić information content (AvgIpc) is 2.60. The molecular weight excluding hydrogens is 152 g/mol. The lowest BCUT2D eigenvalue weighted by molar-refractivity contribution is 0.109. The van der Waals surface area contributed by atoms with Gasteiger partial charge in [-0.2, -0.15) is 0 Å². The topological polar surface area (TPSA) is 24.5 Å². The molecule has 1 N–H and O–H groups in total. The largest absolute Gasteiger partial charge is 0.379 e. The molecule has 0 atom stereocenters. The van der Waals surface area contributed by atoms with Crippen molar-refractivity contribution in [3.05, 3.63) is 0 Å². The monoisotopic (exact) mass is 172 g/mol. The maximum atomic E-state index is 5.01. The summed E-state index contributed by atoms with van der Waals surface area (Å²) in [6.45, 7) is 6.47. The molecule has 0 spiro atoms. The van der Waals surface area contributed by atoms with Gasteiger partial charge in [0.25, 0.3) is 0 Å². The van der Waals surface area contributed by atoms with Gasteiger partial charge in [0, 0.05) is 13.1 Å². The van der Waals surface area contributed by atoms with E-state index in [4.69, 9.17) is 4.74 Å². The third kappa shape index (κ3) is 4.70. The minimum absolute atomic E-state index is 0.889. The van der Waals surface area contributed by atoms with Crippen LogP contribution >= 0.6 is 0 Å². The van der Waals surface area contributed by atoms with Crippen LogP contribution < -0.4 is 5.32 Å². The number of nitrogens with zero attached hydrogens (tertiary/aromatic N) is 1. The van der Waals surface area contributed by atoms with Crippen molar-refractivity contribution in [3.8, 4) is 0 Å². The molecular formula is C9H20N2O. The molecule has 72 valence electrons.